The molecule has 1 saturated heterocycles. The summed E-state index contributed by atoms with van der Waals surface area (Å²) in [5.41, 5.74) is 0.215. The molecule has 19 heavy (non-hydrogen) atoms. The smallest absolute Gasteiger partial charge is 0.307 e. The number of anilines is 1. The first-order chi connectivity index (χ1) is 8.70. The van der Waals surface area contributed by atoms with Crippen molar-refractivity contribution in [3.8, 4) is 0 Å². The van der Waals surface area contributed by atoms with Gasteiger partial charge in [0.15, 0.2) is 0 Å². The van der Waals surface area contributed by atoms with E-state index in [9.17, 15) is 17.1 Å². The van der Waals surface area contributed by atoms with Crippen LogP contribution >= 0.6 is 34.8 Å². The largest absolute Gasteiger partial charge is 0.309 e. The van der Waals surface area contributed by atoms with Gasteiger partial charge >= 0.3 is 10.2 Å². The molecular weight excluding hydrogens is 340 g/mol. The van der Waals surface area contributed by atoms with Gasteiger partial charge in [-0.05, 0) is 12.1 Å². The van der Waals surface area contributed by atoms with Crippen LogP contribution in [0, 0.1) is 0 Å². The van der Waals surface area contributed by atoms with Gasteiger partial charge in [0.2, 0.25) is 5.91 Å². The lowest BCUT2D eigenvalue weighted by atomic mass is 10.3. The molecular formula is C10H7Cl3FNO3S. The molecule has 1 amide bonds. The van der Waals surface area contributed by atoms with E-state index in [4.69, 9.17) is 34.8 Å². The van der Waals surface area contributed by atoms with Gasteiger partial charge in [-0.15, -0.1) is 3.89 Å². The van der Waals surface area contributed by atoms with Crippen LogP contribution in [0.4, 0.5) is 9.57 Å². The molecule has 1 fully saturated rings. The number of hydrogen-bond donors (Lipinski definition) is 0. The summed E-state index contributed by atoms with van der Waals surface area (Å²) in [6.07, 6.45) is -0.421. The minimum Gasteiger partial charge on any atom is -0.309 e. The fraction of sp³-hybridized carbons (Fsp3) is 0.300. The van der Waals surface area contributed by atoms with E-state index in [0.717, 1.165) is 4.90 Å². The van der Waals surface area contributed by atoms with Crippen LogP contribution in [0.1, 0.15) is 6.42 Å². The van der Waals surface area contributed by atoms with Crippen molar-refractivity contribution in [3.05, 3.63) is 27.2 Å². The number of benzene rings is 1. The van der Waals surface area contributed by atoms with E-state index in [-0.39, 0.29) is 27.3 Å². The minimum atomic E-state index is -4.77. The van der Waals surface area contributed by atoms with E-state index < -0.39 is 27.8 Å². The van der Waals surface area contributed by atoms with Gasteiger partial charge < -0.3 is 4.90 Å². The topological polar surface area (TPSA) is 54.5 Å². The highest BCUT2D eigenvalue weighted by Gasteiger charge is 2.39. The molecule has 1 aliphatic rings. The molecule has 1 heterocycles. The molecule has 1 aromatic carbocycles. The fourth-order valence-electron chi connectivity index (χ4n) is 1.82. The van der Waals surface area contributed by atoms with Crippen molar-refractivity contribution in [2.45, 2.75) is 11.7 Å². The van der Waals surface area contributed by atoms with Crippen LogP contribution in [-0.4, -0.2) is 26.1 Å². The number of nitrogens with zero attached hydrogens (tertiary/aromatic N) is 1. The lowest BCUT2D eigenvalue weighted by Gasteiger charge is -2.18. The number of halogens is 4. The van der Waals surface area contributed by atoms with Crippen LogP contribution in [0.2, 0.25) is 15.1 Å². The normalized spacial score (nSPS) is 20.1. The van der Waals surface area contributed by atoms with E-state index in [1.165, 1.54) is 12.1 Å². The predicted octanol–water partition coefficient (Wildman–Crippen LogP) is 3.05. The molecule has 0 aromatic heterocycles. The zero-order valence-corrected chi connectivity index (χ0v) is 12.3. The Morgan fingerprint density at radius 2 is 1.74 bits per heavy atom. The third-order valence-electron chi connectivity index (χ3n) is 2.77. The number of amides is 1. The molecule has 0 bridgehead atoms. The first kappa shape index (κ1) is 14.8. The SMILES string of the molecule is O=C1CC(S(=O)(=O)F)CN1c1cc(Cl)c(Cl)cc1Cl. The Balaban J connectivity index is 2.39. The second-order valence-electron chi connectivity index (χ2n) is 4.02. The van der Waals surface area contributed by atoms with Gasteiger partial charge in [-0.2, -0.15) is 8.42 Å². The number of carbonyl (C=O) groups is 1. The Kier molecular flexibility index (Phi) is 3.97. The highest BCUT2D eigenvalue weighted by atomic mass is 35.5. The third-order valence-corrected chi connectivity index (χ3v) is 4.91. The predicted molar refractivity (Wildman–Crippen MR) is 72.3 cm³/mol. The highest BCUT2D eigenvalue weighted by Crippen LogP contribution is 2.37. The Labute approximate surface area is 124 Å². The number of rotatable bonds is 2. The zero-order valence-electron chi connectivity index (χ0n) is 9.24. The van der Waals surface area contributed by atoms with Crippen LogP contribution in [0.25, 0.3) is 0 Å². The second-order valence-corrected chi connectivity index (χ2v) is 6.86. The summed E-state index contributed by atoms with van der Waals surface area (Å²) < 4.78 is 34.6. The molecule has 0 saturated carbocycles. The summed E-state index contributed by atoms with van der Waals surface area (Å²) in [5, 5.41) is -0.873. The zero-order chi connectivity index (χ0) is 14.4. The van der Waals surface area contributed by atoms with Crippen LogP contribution < -0.4 is 4.90 Å². The van der Waals surface area contributed by atoms with Gasteiger partial charge in [0.1, 0.15) is 5.25 Å². The maximum absolute atomic E-state index is 12.9. The molecule has 0 radical (unpaired) electrons. The molecule has 1 aromatic rings. The molecule has 9 heteroatoms. The molecule has 0 spiro atoms. The van der Waals surface area contributed by atoms with Crippen LogP contribution in [-0.2, 0) is 15.0 Å². The molecule has 1 unspecified atom stereocenters. The van der Waals surface area contributed by atoms with Crippen molar-refractivity contribution in [1.82, 2.24) is 0 Å². The lowest BCUT2D eigenvalue weighted by molar-refractivity contribution is -0.117. The molecule has 104 valence electrons. The standard InChI is InChI=1S/C10H7Cl3FNO3S/c11-6-2-8(13)9(3-7(6)12)15-4-5(1-10(15)16)19(14,17)18/h2-3,5H,1,4H2. The molecule has 2 rings (SSSR count). The monoisotopic (exact) mass is 345 g/mol. The van der Waals surface area contributed by atoms with Gasteiger partial charge in [-0.25, -0.2) is 0 Å². The molecule has 0 aliphatic carbocycles. The maximum Gasteiger partial charge on any atom is 0.307 e. The van der Waals surface area contributed by atoms with Gasteiger partial charge in [0, 0.05) is 13.0 Å². The van der Waals surface area contributed by atoms with E-state index in [0.29, 0.717) is 0 Å². The summed E-state index contributed by atoms with van der Waals surface area (Å²) in [5.74, 6) is -0.536. The Morgan fingerprint density at radius 3 is 2.26 bits per heavy atom. The number of carbonyl (C=O) groups excluding carboxylic acids is 1. The van der Waals surface area contributed by atoms with Crippen molar-refractivity contribution in [3.63, 3.8) is 0 Å². The van der Waals surface area contributed by atoms with Crippen LogP contribution in [0.3, 0.4) is 0 Å². The fourth-order valence-corrected chi connectivity index (χ4v) is 3.13. The van der Waals surface area contributed by atoms with E-state index in [1.807, 2.05) is 0 Å². The van der Waals surface area contributed by atoms with Gasteiger partial charge in [0.25, 0.3) is 0 Å². The minimum absolute atomic E-state index is 0.139. The van der Waals surface area contributed by atoms with Crippen molar-refractivity contribution in [1.29, 1.82) is 0 Å². The molecule has 1 aliphatic heterocycles. The Hall–Kier alpha value is -0.560. The average Bonchev–Trinajstić information content (AvgIpc) is 2.65. The highest BCUT2D eigenvalue weighted by molar-refractivity contribution is 7.87. The van der Waals surface area contributed by atoms with Crippen molar-refractivity contribution < 1.29 is 17.1 Å². The quantitative estimate of drug-likeness (QED) is 0.611. The lowest BCUT2D eigenvalue weighted by Crippen LogP contribution is -2.27. The van der Waals surface area contributed by atoms with Crippen molar-refractivity contribution in [2.75, 3.05) is 11.4 Å². The van der Waals surface area contributed by atoms with Crippen molar-refractivity contribution in [2.24, 2.45) is 0 Å². The summed E-state index contributed by atoms with van der Waals surface area (Å²) in [7, 11) is -4.77. The van der Waals surface area contributed by atoms with Crippen LogP contribution in [0.15, 0.2) is 12.1 Å². The van der Waals surface area contributed by atoms with Crippen LogP contribution in [0.5, 0.6) is 0 Å². The summed E-state index contributed by atoms with van der Waals surface area (Å²) in [4.78, 5) is 12.8. The average molecular weight is 347 g/mol. The second kappa shape index (κ2) is 5.09. The summed E-state index contributed by atoms with van der Waals surface area (Å²) in [6.45, 7) is -0.296. The molecule has 4 nitrogen and oxygen atoms in total. The van der Waals surface area contributed by atoms with E-state index in [2.05, 4.69) is 0 Å². The van der Waals surface area contributed by atoms with Crippen molar-refractivity contribution >= 4 is 56.6 Å². The van der Waals surface area contributed by atoms with Gasteiger partial charge in [0.05, 0.1) is 20.8 Å². The maximum atomic E-state index is 12.9. The number of hydrogen-bond acceptors (Lipinski definition) is 3. The van der Waals surface area contributed by atoms with Gasteiger partial charge in [-0.1, -0.05) is 34.8 Å². The Morgan fingerprint density at radius 1 is 1.16 bits per heavy atom. The van der Waals surface area contributed by atoms with E-state index in [1.54, 1.807) is 0 Å². The van der Waals surface area contributed by atoms with Gasteiger partial charge in [-0.3, -0.25) is 4.79 Å². The first-order valence-electron chi connectivity index (χ1n) is 5.08. The Bertz CT molecular complexity index is 650. The first-order valence-corrected chi connectivity index (χ1v) is 7.66. The van der Waals surface area contributed by atoms with E-state index >= 15 is 0 Å². The molecule has 0 N–H and O–H groups in total. The molecule has 1 atom stereocenters. The summed E-state index contributed by atoms with van der Waals surface area (Å²) in [6, 6.07) is 2.68. The summed E-state index contributed by atoms with van der Waals surface area (Å²) >= 11 is 17.5. The third kappa shape index (κ3) is 2.97.